The molecule has 2 N–H and O–H groups in total. The topological polar surface area (TPSA) is 32.3 Å². The van der Waals surface area contributed by atoms with Gasteiger partial charge in [0, 0.05) is 12.1 Å². The van der Waals surface area contributed by atoms with Gasteiger partial charge in [0.15, 0.2) is 0 Å². The lowest BCUT2D eigenvalue weighted by molar-refractivity contribution is 0.0959. The largest absolute Gasteiger partial charge is 0.387 e. The minimum absolute atomic E-state index is 0.135. The Hall–Kier alpha value is -0.860. The molecule has 1 aromatic carbocycles. The van der Waals surface area contributed by atoms with Crippen LogP contribution in [0.1, 0.15) is 69.6 Å². The highest BCUT2D eigenvalue weighted by molar-refractivity contribution is 5.24. The summed E-state index contributed by atoms with van der Waals surface area (Å²) in [6.45, 7) is 6.48. The van der Waals surface area contributed by atoms with E-state index in [2.05, 4.69) is 50.4 Å². The van der Waals surface area contributed by atoms with Crippen molar-refractivity contribution >= 4 is 0 Å². The smallest absolute Gasteiger partial charge is 0.0945 e. The van der Waals surface area contributed by atoms with Crippen molar-refractivity contribution in [1.29, 1.82) is 0 Å². The molecule has 2 unspecified atom stereocenters. The third-order valence-electron chi connectivity index (χ3n) is 4.76. The molecule has 2 heteroatoms. The number of nitrogens with one attached hydrogen (secondary N) is 1. The van der Waals surface area contributed by atoms with Gasteiger partial charge in [0.25, 0.3) is 0 Å². The lowest BCUT2D eigenvalue weighted by Crippen LogP contribution is -2.45. The summed E-state index contributed by atoms with van der Waals surface area (Å²) in [5.74, 6) is 0.421. The highest BCUT2D eigenvalue weighted by Crippen LogP contribution is 2.25. The molecule has 1 saturated carbocycles. The van der Waals surface area contributed by atoms with E-state index in [1.54, 1.807) is 0 Å². The average molecular weight is 289 g/mol. The predicted octanol–water partition coefficient (Wildman–Crippen LogP) is 4.37. The Morgan fingerprint density at radius 2 is 1.57 bits per heavy atom. The lowest BCUT2D eigenvalue weighted by Gasteiger charge is -2.32. The van der Waals surface area contributed by atoms with Crippen molar-refractivity contribution < 1.29 is 5.11 Å². The molecule has 21 heavy (non-hydrogen) atoms. The molecule has 0 aliphatic heterocycles. The SMILES string of the molecule is Cc1ccc(C(O)C(NC2CCCCCC2)C(C)C)cc1. The fourth-order valence-electron chi connectivity index (χ4n) is 3.34. The van der Waals surface area contributed by atoms with E-state index < -0.39 is 6.10 Å². The van der Waals surface area contributed by atoms with Gasteiger partial charge in [0.2, 0.25) is 0 Å². The van der Waals surface area contributed by atoms with E-state index in [-0.39, 0.29) is 6.04 Å². The first-order valence-corrected chi connectivity index (χ1v) is 8.58. The highest BCUT2D eigenvalue weighted by atomic mass is 16.3. The zero-order valence-electron chi connectivity index (χ0n) is 13.8. The molecule has 1 aromatic rings. The number of aryl methyl sites for hydroxylation is 1. The van der Waals surface area contributed by atoms with Crippen LogP contribution in [0, 0.1) is 12.8 Å². The van der Waals surface area contributed by atoms with Gasteiger partial charge in [-0.15, -0.1) is 0 Å². The monoisotopic (exact) mass is 289 g/mol. The van der Waals surface area contributed by atoms with E-state index in [1.165, 1.54) is 44.1 Å². The Morgan fingerprint density at radius 3 is 2.10 bits per heavy atom. The first-order chi connectivity index (χ1) is 10.1. The number of aliphatic hydroxyl groups excluding tert-OH is 1. The zero-order valence-corrected chi connectivity index (χ0v) is 13.8. The van der Waals surface area contributed by atoms with Crippen LogP contribution >= 0.6 is 0 Å². The molecule has 2 atom stereocenters. The normalized spacial score (nSPS) is 20.2. The van der Waals surface area contributed by atoms with Crippen LogP contribution in [0.25, 0.3) is 0 Å². The maximum atomic E-state index is 10.8. The van der Waals surface area contributed by atoms with Crippen molar-refractivity contribution in [3.8, 4) is 0 Å². The van der Waals surface area contributed by atoms with Gasteiger partial charge in [-0.2, -0.15) is 0 Å². The van der Waals surface area contributed by atoms with Crippen LogP contribution in [-0.4, -0.2) is 17.2 Å². The Balaban J connectivity index is 2.04. The standard InChI is InChI=1S/C19H31NO/c1-14(2)18(20-17-8-6-4-5-7-9-17)19(21)16-12-10-15(3)11-13-16/h10-14,17-21H,4-9H2,1-3H3. The Morgan fingerprint density at radius 1 is 1.00 bits per heavy atom. The summed E-state index contributed by atoms with van der Waals surface area (Å²) in [6, 6.07) is 8.99. The first-order valence-electron chi connectivity index (χ1n) is 8.58. The highest BCUT2D eigenvalue weighted by Gasteiger charge is 2.26. The maximum Gasteiger partial charge on any atom is 0.0945 e. The second kappa shape index (κ2) is 7.95. The number of rotatable bonds is 5. The Labute approximate surface area is 130 Å². The molecule has 2 rings (SSSR count). The summed E-state index contributed by atoms with van der Waals surface area (Å²) in [4.78, 5) is 0. The molecule has 0 spiro atoms. The average Bonchev–Trinajstić information content (AvgIpc) is 2.73. The van der Waals surface area contributed by atoms with Crippen molar-refractivity contribution in [2.24, 2.45) is 5.92 Å². The van der Waals surface area contributed by atoms with Gasteiger partial charge in [-0.05, 0) is 31.2 Å². The molecule has 0 amide bonds. The van der Waals surface area contributed by atoms with Crippen LogP contribution in [0.4, 0.5) is 0 Å². The minimum atomic E-state index is -0.422. The van der Waals surface area contributed by atoms with Crippen LogP contribution in [0.15, 0.2) is 24.3 Å². The van der Waals surface area contributed by atoms with Gasteiger partial charge in [-0.25, -0.2) is 0 Å². The van der Waals surface area contributed by atoms with Crippen LogP contribution in [0.2, 0.25) is 0 Å². The lowest BCUT2D eigenvalue weighted by atomic mass is 9.91. The third-order valence-corrected chi connectivity index (χ3v) is 4.76. The van der Waals surface area contributed by atoms with E-state index in [1.807, 2.05) is 0 Å². The molecule has 1 aliphatic rings. The Kier molecular flexibility index (Phi) is 6.25. The first kappa shape index (κ1) is 16.5. The molecule has 0 saturated heterocycles. The second-order valence-electron chi connectivity index (χ2n) is 6.98. The van der Waals surface area contributed by atoms with Crippen LogP contribution in [0.5, 0.6) is 0 Å². The molecule has 0 heterocycles. The molecular weight excluding hydrogens is 258 g/mol. The van der Waals surface area contributed by atoms with Gasteiger partial charge in [-0.3, -0.25) is 0 Å². The minimum Gasteiger partial charge on any atom is -0.387 e. The van der Waals surface area contributed by atoms with E-state index in [4.69, 9.17) is 0 Å². The summed E-state index contributed by atoms with van der Waals surface area (Å²) in [5, 5.41) is 14.5. The van der Waals surface area contributed by atoms with E-state index in [0.29, 0.717) is 12.0 Å². The summed E-state index contributed by atoms with van der Waals surface area (Å²) >= 11 is 0. The maximum absolute atomic E-state index is 10.8. The fourth-order valence-corrected chi connectivity index (χ4v) is 3.34. The predicted molar refractivity (Wildman–Crippen MR) is 89.4 cm³/mol. The van der Waals surface area contributed by atoms with Gasteiger partial charge in [-0.1, -0.05) is 69.4 Å². The second-order valence-corrected chi connectivity index (χ2v) is 6.98. The zero-order chi connectivity index (χ0) is 15.2. The quantitative estimate of drug-likeness (QED) is 0.789. The third kappa shape index (κ3) is 4.82. The summed E-state index contributed by atoms with van der Waals surface area (Å²) in [6.07, 6.45) is 7.46. The van der Waals surface area contributed by atoms with Crippen molar-refractivity contribution in [2.75, 3.05) is 0 Å². The number of aliphatic hydroxyl groups is 1. The van der Waals surface area contributed by atoms with Crippen molar-refractivity contribution in [3.05, 3.63) is 35.4 Å². The molecule has 1 fully saturated rings. The molecule has 0 radical (unpaired) electrons. The van der Waals surface area contributed by atoms with Gasteiger partial charge in [0.05, 0.1) is 6.10 Å². The molecule has 118 valence electrons. The van der Waals surface area contributed by atoms with Crippen LogP contribution < -0.4 is 5.32 Å². The van der Waals surface area contributed by atoms with E-state index in [9.17, 15) is 5.11 Å². The number of benzene rings is 1. The van der Waals surface area contributed by atoms with Crippen molar-refractivity contribution in [1.82, 2.24) is 5.32 Å². The molecule has 0 aromatic heterocycles. The summed E-state index contributed by atoms with van der Waals surface area (Å²) in [5.41, 5.74) is 2.27. The van der Waals surface area contributed by atoms with Gasteiger partial charge >= 0.3 is 0 Å². The molecular formula is C19H31NO. The summed E-state index contributed by atoms with van der Waals surface area (Å²) in [7, 11) is 0. The van der Waals surface area contributed by atoms with Gasteiger partial charge < -0.3 is 10.4 Å². The van der Waals surface area contributed by atoms with Crippen molar-refractivity contribution in [2.45, 2.75) is 77.5 Å². The molecule has 2 nitrogen and oxygen atoms in total. The number of hydrogen-bond donors (Lipinski definition) is 2. The van der Waals surface area contributed by atoms with Crippen LogP contribution in [-0.2, 0) is 0 Å². The molecule has 0 bridgehead atoms. The molecule has 1 aliphatic carbocycles. The summed E-state index contributed by atoms with van der Waals surface area (Å²) < 4.78 is 0. The van der Waals surface area contributed by atoms with E-state index >= 15 is 0 Å². The van der Waals surface area contributed by atoms with E-state index in [0.717, 1.165) is 5.56 Å². The number of hydrogen-bond acceptors (Lipinski definition) is 2. The van der Waals surface area contributed by atoms with Crippen LogP contribution in [0.3, 0.4) is 0 Å². The Bertz CT molecular complexity index is 404. The van der Waals surface area contributed by atoms with Gasteiger partial charge in [0.1, 0.15) is 0 Å². The van der Waals surface area contributed by atoms with Crippen molar-refractivity contribution in [3.63, 3.8) is 0 Å². The fraction of sp³-hybridized carbons (Fsp3) is 0.684.